The molecule has 2 amide bonds. The predicted octanol–water partition coefficient (Wildman–Crippen LogP) is 2.53. The van der Waals surface area contributed by atoms with Gasteiger partial charge >= 0.3 is 0 Å². The number of fused-ring (bicyclic) bond motifs is 1. The minimum Gasteiger partial charge on any atom is -0.497 e. The number of furan rings is 1. The Morgan fingerprint density at radius 3 is 2.33 bits per heavy atom. The van der Waals surface area contributed by atoms with Crippen molar-refractivity contribution in [3.63, 3.8) is 0 Å². The quantitative estimate of drug-likeness (QED) is 0.754. The average Bonchev–Trinajstić information content (AvgIpc) is 2.97. The van der Waals surface area contributed by atoms with Crippen LogP contribution in [0.4, 0.5) is 0 Å². The molecule has 7 heteroatoms. The van der Waals surface area contributed by atoms with E-state index in [2.05, 4.69) is 4.90 Å². The molecule has 2 fully saturated rings. The summed E-state index contributed by atoms with van der Waals surface area (Å²) in [4.78, 5) is 31.5. The van der Waals surface area contributed by atoms with Gasteiger partial charge < -0.3 is 19.0 Å². The normalized spacial score (nSPS) is 18.4. The van der Waals surface area contributed by atoms with E-state index in [4.69, 9.17) is 9.15 Å². The number of carbonyl (C=O) groups excluding carboxylic acids is 2. The van der Waals surface area contributed by atoms with Crippen molar-refractivity contribution >= 4 is 22.8 Å². The lowest BCUT2D eigenvalue weighted by molar-refractivity contribution is -0.134. The molecule has 4 rings (SSSR count). The molecule has 0 unspecified atom stereocenters. The molecule has 2 aliphatic rings. The fourth-order valence-electron chi connectivity index (χ4n) is 4.37. The van der Waals surface area contributed by atoms with Crippen LogP contribution in [0.2, 0.25) is 0 Å². The first kappa shape index (κ1) is 20.7. The van der Waals surface area contributed by atoms with Crippen LogP contribution >= 0.6 is 0 Å². The number of likely N-dealkylation sites (tertiary alicyclic amines) is 1. The van der Waals surface area contributed by atoms with E-state index in [0.29, 0.717) is 26.1 Å². The fourth-order valence-corrected chi connectivity index (χ4v) is 4.37. The maximum absolute atomic E-state index is 12.8. The van der Waals surface area contributed by atoms with Gasteiger partial charge in [0.25, 0.3) is 0 Å². The highest BCUT2D eigenvalue weighted by Crippen LogP contribution is 2.26. The number of rotatable bonds is 5. The molecular formula is C23H31N3O4. The van der Waals surface area contributed by atoms with Crippen LogP contribution in [0.25, 0.3) is 11.0 Å². The topological polar surface area (TPSA) is 66.2 Å². The lowest BCUT2D eigenvalue weighted by atomic mass is 10.1. The van der Waals surface area contributed by atoms with Crippen molar-refractivity contribution in [3.05, 3.63) is 30.0 Å². The van der Waals surface area contributed by atoms with Gasteiger partial charge in [-0.3, -0.25) is 14.5 Å². The zero-order valence-corrected chi connectivity index (χ0v) is 17.8. The molecule has 0 atom stereocenters. The molecule has 0 saturated carbocycles. The summed E-state index contributed by atoms with van der Waals surface area (Å²) in [5, 5.41) is 0.950. The summed E-state index contributed by atoms with van der Waals surface area (Å²) in [6.07, 6.45) is 6.67. The highest BCUT2D eigenvalue weighted by atomic mass is 16.5. The first-order valence-corrected chi connectivity index (χ1v) is 11.0. The summed E-state index contributed by atoms with van der Waals surface area (Å²) in [7, 11) is 1.62. The van der Waals surface area contributed by atoms with E-state index in [-0.39, 0.29) is 11.8 Å². The van der Waals surface area contributed by atoms with E-state index in [9.17, 15) is 9.59 Å². The molecule has 0 radical (unpaired) electrons. The fraction of sp³-hybridized carbons (Fsp3) is 0.565. The maximum Gasteiger partial charge on any atom is 0.236 e. The lowest BCUT2D eigenvalue weighted by Gasteiger charge is -2.35. The zero-order chi connectivity index (χ0) is 20.9. The third-order valence-electron chi connectivity index (χ3n) is 6.25. The summed E-state index contributed by atoms with van der Waals surface area (Å²) in [5.41, 5.74) is 1.63. The lowest BCUT2D eigenvalue weighted by Crippen LogP contribution is -2.52. The smallest absolute Gasteiger partial charge is 0.236 e. The van der Waals surface area contributed by atoms with E-state index in [1.165, 1.54) is 12.8 Å². The maximum atomic E-state index is 12.8. The molecule has 0 N–H and O–H groups in total. The van der Waals surface area contributed by atoms with Gasteiger partial charge in [-0.1, -0.05) is 12.8 Å². The van der Waals surface area contributed by atoms with E-state index in [1.54, 1.807) is 13.4 Å². The Morgan fingerprint density at radius 2 is 1.63 bits per heavy atom. The molecule has 2 aromatic rings. The number of amides is 2. The molecular weight excluding hydrogens is 382 g/mol. The molecule has 1 aromatic carbocycles. The van der Waals surface area contributed by atoms with Crippen molar-refractivity contribution in [2.24, 2.45) is 0 Å². The summed E-state index contributed by atoms with van der Waals surface area (Å²) in [6, 6.07) is 5.65. The Bertz CT molecular complexity index is 878. The van der Waals surface area contributed by atoms with Crippen LogP contribution in [-0.4, -0.2) is 79.4 Å². The number of hydrogen-bond donors (Lipinski definition) is 0. The molecule has 3 heterocycles. The molecule has 7 nitrogen and oxygen atoms in total. The third kappa shape index (κ3) is 4.78. The Balaban J connectivity index is 1.27. The van der Waals surface area contributed by atoms with E-state index in [0.717, 1.165) is 61.3 Å². The first-order chi connectivity index (χ1) is 14.6. The van der Waals surface area contributed by atoms with Gasteiger partial charge in [-0.25, -0.2) is 0 Å². The Labute approximate surface area is 177 Å². The summed E-state index contributed by atoms with van der Waals surface area (Å²) in [5.74, 6) is 1.07. The van der Waals surface area contributed by atoms with Crippen LogP contribution in [0, 0.1) is 0 Å². The minimum absolute atomic E-state index is 0.104. The first-order valence-electron chi connectivity index (χ1n) is 11.0. The van der Waals surface area contributed by atoms with Crippen LogP contribution in [0.5, 0.6) is 5.75 Å². The van der Waals surface area contributed by atoms with Crippen LogP contribution in [0.3, 0.4) is 0 Å². The molecule has 0 bridgehead atoms. The van der Waals surface area contributed by atoms with Gasteiger partial charge in [0.1, 0.15) is 11.3 Å². The van der Waals surface area contributed by atoms with Crippen LogP contribution in [0.1, 0.15) is 31.2 Å². The second kappa shape index (κ2) is 9.51. The van der Waals surface area contributed by atoms with Crippen LogP contribution in [-0.2, 0) is 16.0 Å². The van der Waals surface area contributed by atoms with Gasteiger partial charge in [0.05, 0.1) is 26.3 Å². The van der Waals surface area contributed by atoms with Crippen molar-refractivity contribution in [1.82, 2.24) is 14.7 Å². The number of hydrogen-bond acceptors (Lipinski definition) is 5. The Hall–Kier alpha value is -2.54. The van der Waals surface area contributed by atoms with Crippen molar-refractivity contribution < 1.29 is 18.7 Å². The number of methoxy groups -OCH3 is 1. The second-order valence-electron chi connectivity index (χ2n) is 8.25. The Kier molecular flexibility index (Phi) is 6.57. The number of nitrogens with zero attached hydrogens (tertiary/aromatic N) is 3. The third-order valence-corrected chi connectivity index (χ3v) is 6.25. The van der Waals surface area contributed by atoms with Crippen LogP contribution in [0.15, 0.2) is 28.9 Å². The zero-order valence-electron chi connectivity index (χ0n) is 17.8. The van der Waals surface area contributed by atoms with E-state index >= 15 is 0 Å². The summed E-state index contributed by atoms with van der Waals surface area (Å²) in [6.45, 7) is 5.06. The van der Waals surface area contributed by atoms with E-state index < -0.39 is 0 Å². The number of piperazine rings is 1. The van der Waals surface area contributed by atoms with Gasteiger partial charge in [0.2, 0.25) is 11.8 Å². The molecule has 1 aromatic heterocycles. The van der Waals surface area contributed by atoms with Crippen molar-refractivity contribution in [2.75, 3.05) is 52.9 Å². The largest absolute Gasteiger partial charge is 0.497 e. The summed E-state index contributed by atoms with van der Waals surface area (Å²) < 4.78 is 10.8. The summed E-state index contributed by atoms with van der Waals surface area (Å²) >= 11 is 0. The molecule has 0 aliphatic carbocycles. The van der Waals surface area contributed by atoms with Crippen molar-refractivity contribution in [2.45, 2.75) is 32.1 Å². The highest BCUT2D eigenvalue weighted by molar-refractivity contribution is 5.88. The van der Waals surface area contributed by atoms with Gasteiger partial charge in [-0.15, -0.1) is 0 Å². The van der Waals surface area contributed by atoms with Crippen molar-refractivity contribution in [3.8, 4) is 5.75 Å². The number of carbonyl (C=O) groups is 2. The van der Waals surface area contributed by atoms with Gasteiger partial charge in [0.15, 0.2) is 0 Å². The molecule has 30 heavy (non-hydrogen) atoms. The van der Waals surface area contributed by atoms with Crippen LogP contribution < -0.4 is 4.74 Å². The number of ether oxygens (including phenoxy) is 1. The molecule has 2 saturated heterocycles. The standard InChI is InChI=1S/C23H31N3O4/c1-29-19-6-7-20-18(17-30-21(20)15-19)14-22(27)26-12-10-24(11-13-26)16-23(28)25-8-4-2-3-5-9-25/h6-7,15,17H,2-5,8-14,16H2,1H3. The minimum atomic E-state index is 0.104. The average molecular weight is 414 g/mol. The number of benzene rings is 1. The van der Waals surface area contributed by atoms with E-state index in [1.807, 2.05) is 28.0 Å². The predicted molar refractivity (Wildman–Crippen MR) is 115 cm³/mol. The molecule has 0 spiro atoms. The monoisotopic (exact) mass is 413 g/mol. The SMILES string of the molecule is COc1ccc2c(CC(=O)N3CCN(CC(=O)N4CCCCCC4)CC3)coc2c1. The van der Waals surface area contributed by atoms with Gasteiger partial charge in [-0.2, -0.15) is 0 Å². The molecule has 2 aliphatic heterocycles. The second-order valence-corrected chi connectivity index (χ2v) is 8.25. The van der Waals surface area contributed by atoms with Gasteiger partial charge in [-0.05, 0) is 25.0 Å². The molecule has 162 valence electrons. The Morgan fingerprint density at radius 1 is 0.933 bits per heavy atom. The highest BCUT2D eigenvalue weighted by Gasteiger charge is 2.25. The van der Waals surface area contributed by atoms with Crippen molar-refractivity contribution in [1.29, 1.82) is 0 Å². The van der Waals surface area contributed by atoms with Gasteiger partial charge in [0, 0.05) is 56.3 Å².